The van der Waals surface area contributed by atoms with Crippen LogP contribution in [0, 0.1) is 0 Å². The van der Waals surface area contributed by atoms with Crippen molar-refractivity contribution in [3.05, 3.63) is 44.6 Å². The van der Waals surface area contributed by atoms with Crippen molar-refractivity contribution in [1.82, 2.24) is 4.90 Å². The first-order valence-electron chi connectivity index (χ1n) is 10.8. The smallest absolute Gasteiger partial charge is 0.307 e. The van der Waals surface area contributed by atoms with Gasteiger partial charge in [0.1, 0.15) is 23.7 Å². The van der Waals surface area contributed by atoms with E-state index in [-0.39, 0.29) is 11.4 Å². The monoisotopic (exact) mass is 507 g/mol. The molecule has 3 heterocycles. The molecule has 0 bridgehead atoms. The van der Waals surface area contributed by atoms with E-state index in [1.165, 1.54) is 10.4 Å². The molecule has 0 amide bonds. The Bertz CT molecular complexity index is 928. The third kappa shape index (κ3) is 5.62. The molecule has 1 fully saturated rings. The molecule has 0 aliphatic carbocycles. The Morgan fingerprint density at radius 1 is 1.26 bits per heavy atom. The summed E-state index contributed by atoms with van der Waals surface area (Å²) in [5.74, 6) is 1.67. The van der Waals surface area contributed by atoms with Gasteiger partial charge >= 0.3 is 5.97 Å². The Morgan fingerprint density at radius 3 is 2.71 bits per heavy atom. The van der Waals surface area contributed by atoms with Crippen LogP contribution in [0.2, 0.25) is 0 Å². The first-order chi connectivity index (χ1) is 14.7. The van der Waals surface area contributed by atoms with Gasteiger partial charge in [-0.15, -0.1) is 11.3 Å². The summed E-state index contributed by atoms with van der Waals surface area (Å²) in [5.41, 5.74) is 0.956. The van der Waals surface area contributed by atoms with Gasteiger partial charge in [-0.3, -0.25) is 4.79 Å². The molecule has 0 radical (unpaired) electrons. The van der Waals surface area contributed by atoms with Crippen molar-refractivity contribution >= 4 is 33.2 Å². The number of fused-ring (bicyclic) bond motifs is 2. The molecule has 1 spiro atoms. The van der Waals surface area contributed by atoms with Crippen molar-refractivity contribution in [2.45, 2.75) is 57.7 Å². The lowest BCUT2D eigenvalue weighted by molar-refractivity contribution is -0.155. The van der Waals surface area contributed by atoms with Gasteiger partial charge in [0.25, 0.3) is 0 Å². The molecule has 4 rings (SSSR count). The van der Waals surface area contributed by atoms with E-state index >= 15 is 0 Å². The number of rotatable bonds is 6. The number of carbonyl (C=O) groups excluding carboxylic acids is 1. The first-order valence-corrected chi connectivity index (χ1v) is 12.5. The van der Waals surface area contributed by atoms with Crippen molar-refractivity contribution in [3.63, 3.8) is 0 Å². The standard InChI is InChI=1S/C24H30BrNO4S/c1-23(2,3)30-22(27)6-9-26-10-7-24(8-11-26)16-29-21-13-18(4-5-20(21)24)28-14-19-12-17(25)15-31-19/h4-5,12-13,15H,6-11,14,16H2,1-3H3. The third-order valence-electron chi connectivity index (χ3n) is 5.90. The number of nitrogens with zero attached hydrogens (tertiary/aromatic N) is 1. The van der Waals surface area contributed by atoms with Crippen LogP contribution in [0.25, 0.3) is 0 Å². The number of benzene rings is 1. The summed E-state index contributed by atoms with van der Waals surface area (Å²) < 4.78 is 18.6. The molecule has 1 aromatic carbocycles. The minimum absolute atomic E-state index is 0.0783. The van der Waals surface area contributed by atoms with E-state index < -0.39 is 5.60 Å². The van der Waals surface area contributed by atoms with Crippen LogP contribution in [0.4, 0.5) is 0 Å². The Kier molecular flexibility index (Phi) is 6.65. The maximum atomic E-state index is 12.0. The number of carbonyl (C=O) groups is 1. The van der Waals surface area contributed by atoms with Crippen LogP contribution in [0.15, 0.2) is 34.1 Å². The van der Waals surface area contributed by atoms with Crippen molar-refractivity contribution in [2.75, 3.05) is 26.2 Å². The zero-order chi connectivity index (χ0) is 22.1. The van der Waals surface area contributed by atoms with Crippen LogP contribution >= 0.6 is 27.3 Å². The van der Waals surface area contributed by atoms with E-state index in [9.17, 15) is 4.79 Å². The molecule has 2 aliphatic heterocycles. The van der Waals surface area contributed by atoms with Gasteiger partial charge in [-0.1, -0.05) is 6.07 Å². The molecular formula is C24H30BrNO4S. The van der Waals surface area contributed by atoms with Gasteiger partial charge < -0.3 is 19.1 Å². The van der Waals surface area contributed by atoms with Crippen LogP contribution in [-0.4, -0.2) is 42.7 Å². The van der Waals surface area contributed by atoms with Gasteiger partial charge in [-0.2, -0.15) is 0 Å². The quantitative estimate of drug-likeness (QED) is 0.479. The lowest BCUT2D eigenvalue weighted by Gasteiger charge is -2.38. The van der Waals surface area contributed by atoms with E-state index in [0.29, 0.717) is 13.0 Å². The summed E-state index contributed by atoms with van der Waals surface area (Å²) in [6, 6.07) is 8.35. The molecule has 2 aliphatic rings. The van der Waals surface area contributed by atoms with Gasteiger partial charge in [0, 0.05) is 38.3 Å². The zero-order valence-electron chi connectivity index (χ0n) is 18.4. The van der Waals surface area contributed by atoms with Crippen molar-refractivity contribution in [3.8, 4) is 11.5 Å². The Morgan fingerprint density at radius 2 is 2.03 bits per heavy atom. The summed E-state index contributed by atoms with van der Waals surface area (Å²) in [4.78, 5) is 15.6. The highest BCUT2D eigenvalue weighted by Crippen LogP contribution is 2.46. The molecule has 0 atom stereocenters. The molecule has 1 saturated heterocycles. The fourth-order valence-electron chi connectivity index (χ4n) is 4.29. The number of esters is 1. The number of hydrogen-bond donors (Lipinski definition) is 0. The third-order valence-corrected chi connectivity index (χ3v) is 7.57. The highest BCUT2D eigenvalue weighted by Gasteiger charge is 2.43. The van der Waals surface area contributed by atoms with Crippen molar-refractivity contribution in [1.29, 1.82) is 0 Å². The van der Waals surface area contributed by atoms with Crippen molar-refractivity contribution in [2.24, 2.45) is 0 Å². The number of hydrogen-bond acceptors (Lipinski definition) is 6. The minimum atomic E-state index is -0.420. The average molecular weight is 508 g/mol. The maximum absolute atomic E-state index is 12.0. The molecule has 0 saturated carbocycles. The second kappa shape index (κ2) is 9.12. The van der Waals surface area contributed by atoms with E-state index in [4.69, 9.17) is 14.2 Å². The number of thiophene rings is 1. The highest BCUT2D eigenvalue weighted by molar-refractivity contribution is 9.10. The fraction of sp³-hybridized carbons (Fsp3) is 0.542. The predicted octanol–water partition coefficient (Wildman–Crippen LogP) is 5.55. The zero-order valence-corrected chi connectivity index (χ0v) is 20.8. The summed E-state index contributed by atoms with van der Waals surface area (Å²) in [6.07, 6.45) is 2.52. The Labute approximate surface area is 196 Å². The van der Waals surface area contributed by atoms with Crippen LogP contribution in [-0.2, 0) is 21.6 Å². The maximum Gasteiger partial charge on any atom is 0.307 e. The van der Waals surface area contributed by atoms with E-state index in [2.05, 4.69) is 44.4 Å². The first kappa shape index (κ1) is 22.6. The SMILES string of the molecule is CC(C)(C)OC(=O)CCN1CCC2(CC1)COc1cc(OCc3cc(Br)cs3)ccc12. The van der Waals surface area contributed by atoms with Crippen LogP contribution < -0.4 is 9.47 Å². The largest absolute Gasteiger partial charge is 0.492 e. The summed E-state index contributed by atoms with van der Waals surface area (Å²) in [5, 5.41) is 2.06. The van der Waals surface area contributed by atoms with Crippen molar-refractivity contribution < 1.29 is 19.0 Å². The highest BCUT2D eigenvalue weighted by atomic mass is 79.9. The van der Waals surface area contributed by atoms with Crippen LogP contribution in [0.1, 0.15) is 50.5 Å². The van der Waals surface area contributed by atoms with Crippen LogP contribution in [0.3, 0.4) is 0 Å². The van der Waals surface area contributed by atoms with E-state index in [1.54, 1.807) is 11.3 Å². The van der Waals surface area contributed by atoms with Crippen LogP contribution in [0.5, 0.6) is 11.5 Å². The molecule has 168 valence electrons. The molecule has 5 nitrogen and oxygen atoms in total. The van der Waals surface area contributed by atoms with Gasteiger partial charge in [0.15, 0.2) is 0 Å². The normalized spacial score (nSPS) is 17.9. The molecule has 31 heavy (non-hydrogen) atoms. The van der Waals surface area contributed by atoms with Gasteiger partial charge in [0.05, 0.1) is 13.0 Å². The van der Waals surface area contributed by atoms with Gasteiger partial charge in [-0.25, -0.2) is 0 Å². The second-order valence-corrected chi connectivity index (χ2v) is 11.3. The Hall–Kier alpha value is -1.57. The number of piperidine rings is 1. The van der Waals surface area contributed by atoms with E-state index in [0.717, 1.165) is 55.1 Å². The van der Waals surface area contributed by atoms with E-state index in [1.807, 2.05) is 26.8 Å². The fourth-order valence-corrected chi connectivity index (χ4v) is 5.65. The molecule has 1 aromatic heterocycles. The number of ether oxygens (including phenoxy) is 3. The minimum Gasteiger partial charge on any atom is -0.492 e. The lowest BCUT2D eigenvalue weighted by Crippen LogP contribution is -2.44. The molecule has 0 N–H and O–H groups in total. The topological polar surface area (TPSA) is 48.0 Å². The second-order valence-electron chi connectivity index (χ2n) is 9.42. The average Bonchev–Trinajstić information content (AvgIpc) is 3.28. The van der Waals surface area contributed by atoms with Gasteiger partial charge in [0.2, 0.25) is 0 Å². The number of halogens is 1. The molecule has 7 heteroatoms. The summed E-state index contributed by atoms with van der Waals surface area (Å²) in [7, 11) is 0. The molecular weight excluding hydrogens is 478 g/mol. The summed E-state index contributed by atoms with van der Waals surface area (Å²) >= 11 is 5.16. The molecule has 2 aromatic rings. The lowest BCUT2D eigenvalue weighted by atomic mass is 9.74. The Balaban J connectivity index is 1.30. The summed E-state index contributed by atoms with van der Waals surface area (Å²) in [6.45, 7) is 9.70. The van der Waals surface area contributed by atoms with Gasteiger partial charge in [-0.05, 0) is 74.8 Å². The predicted molar refractivity (Wildman–Crippen MR) is 126 cm³/mol. The molecule has 0 unspecified atom stereocenters. The number of likely N-dealkylation sites (tertiary alicyclic amines) is 1.